The van der Waals surface area contributed by atoms with Crippen molar-refractivity contribution in [3.8, 4) is 0 Å². The lowest BCUT2D eigenvalue weighted by molar-refractivity contribution is -0.120. The molecule has 3 N–H and O–H groups in total. The average Bonchev–Trinajstić information content (AvgIpc) is 2.22. The average molecular weight is 234 g/mol. The van der Waals surface area contributed by atoms with Crippen LogP contribution in [0.5, 0.6) is 0 Å². The Labute approximate surface area is 103 Å². The fraction of sp³-hybridized carbons (Fsp3) is 0.500. The van der Waals surface area contributed by atoms with Gasteiger partial charge in [0, 0.05) is 19.5 Å². The zero-order valence-electron chi connectivity index (χ0n) is 11.0. The molecule has 0 saturated carbocycles. The number of nitrogens with two attached hydrogens (primary N) is 1. The number of hydrogen-bond acceptors (Lipinski definition) is 2. The quantitative estimate of drug-likeness (QED) is 0.813. The molecule has 0 radical (unpaired) electrons. The number of benzene rings is 1. The van der Waals surface area contributed by atoms with Gasteiger partial charge in [0.15, 0.2) is 0 Å². The topological polar surface area (TPSA) is 55.1 Å². The maximum absolute atomic E-state index is 11.3. The Kier molecular flexibility index (Phi) is 5.16. The van der Waals surface area contributed by atoms with Crippen LogP contribution in [0.1, 0.15) is 28.7 Å². The van der Waals surface area contributed by atoms with Crippen molar-refractivity contribution in [2.45, 2.75) is 33.6 Å². The first kappa shape index (κ1) is 13.7. The Morgan fingerprint density at radius 3 is 2.35 bits per heavy atom. The van der Waals surface area contributed by atoms with E-state index >= 15 is 0 Å². The number of carbonyl (C=O) groups excluding carboxylic acids is 1. The molecule has 0 spiro atoms. The Hall–Kier alpha value is -1.35. The van der Waals surface area contributed by atoms with Gasteiger partial charge in [0.1, 0.15) is 0 Å². The van der Waals surface area contributed by atoms with E-state index in [0.717, 1.165) is 6.42 Å². The monoisotopic (exact) mass is 234 g/mol. The van der Waals surface area contributed by atoms with Crippen molar-refractivity contribution in [1.82, 2.24) is 5.32 Å². The summed E-state index contributed by atoms with van der Waals surface area (Å²) in [6.07, 6.45) is 1.29. The van der Waals surface area contributed by atoms with Gasteiger partial charge in [0.25, 0.3) is 0 Å². The Balaban J connectivity index is 2.55. The molecule has 0 saturated heterocycles. The minimum Gasteiger partial charge on any atom is -0.356 e. The summed E-state index contributed by atoms with van der Waals surface area (Å²) in [4.78, 5) is 11.3. The summed E-state index contributed by atoms with van der Waals surface area (Å²) < 4.78 is 0. The van der Waals surface area contributed by atoms with Crippen molar-refractivity contribution >= 4 is 5.91 Å². The molecule has 3 nitrogen and oxygen atoms in total. The molecule has 0 aromatic heterocycles. The van der Waals surface area contributed by atoms with Gasteiger partial charge >= 0.3 is 0 Å². The van der Waals surface area contributed by atoms with Gasteiger partial charge in [-0.25, -0.2) is 0 Å². The van der Waals surface area contributed by atoms with Gasteiger partial charge in [0.2, 0.25) is 5.91 Å². The lowest BCUT2D eigenvalue weighted by Crippen LogP contribution is -2.27. The van der Waals surface area contributed by atoms with E-state index in [-0.39, 0.29) is 5.91 Å². The van der Waals surface area contributed by atoms with Crippen molar-refractivity contribution in [1.29, 1.82) is 0 Å². The molecule has 17 heavy (non-hydrogen) atoms. The summed E-state index contributed by atoms with van der Waals surface area (Å²) in [5, 5.41) is 2.88. The van der Waals surface area contributed by atoms with Gasteiger partial charge < -0.3 is 11.1 Å². The molecule has 0 aliphatic carbocycles. The molecule has 1 rings (SSSR count). The van der Waals surface area contributed by atoms with Gasteiger partial charge in [0.05, 0.1) is 0 Å². The molecule has 3 heteroatoms. The van der Waals surface area contributed by atoms with E-state index in [4.69, 9.17) is 5.73 Å². The van der Waals surface area contributed by atoms with E-state index in [1.165, 1.54) is 22.3 Å². The van der Waals surface area contributed by atoms with Crippen LogP contribution >= 0.6 is 0 Å². The summed E-state index contributed by atoms with van der Waals surface area (Å²) in [7, 11) is 0. The maximum Gasteiger partial charge on any atom is 0.221 e. The van der Waals surface area contributed by atoms with Gasteiger partial charge in [-0.2, -0.15) is 0 Å². The fourth-order valence-corrected chi connectivity index (χ4v) is 2.15. The van der Waals surface area contributed by atoms with Crippen molar-refractivity contribution in [3.05, 3.63) is 34.4 Å². The number of nitrogens with one attached hydrogen (secondary N) is 1. The van der Waals surface area contributed by atoms with E-state index in [1.54, 1.807) is 0 Å². The van der Waals surface area contributed by atoms with Crippen LogP contribution in [0.2, 0.25) is 0 Å². The number of hydrogen-bond donors (Lipinski definition) is 2. The summed E-state index contributed by atoms with van der Waals surface area (Å²) >= 11 is 0. The maximum atomic E-state index is 11.3. The highest BCUT2D eigenvalue weighted by molar-refractivity contribution is 5.76. The molecular formula is C14H22N2O. The highest BCUT2D eigenvalue weighted by Crippen LogP contribution is 2.16. The Morgan fingerprint density at radius 2 is 1.82 bits per heavy atom. The van der Waals surface area contributed by atoms with Crippen LogP contribution in [0.4, 0.5) is 0 Å². The highest BCUT2D eigenvalue weighted by Gasteiger charge is 2.04. The summed E-state index contributed by atoms with van der Waals surface area (Å²) in [5.41, 5.74) is 10.5. The Bertz CT molecular complexity index is 376. The number of carbonyl (C=O) groups is 1. The summed E-state index contributed by atoms with van der Waals surface area (Å²) in [5.74, 6) is 0.0370. The number of aryl methyl sites for hydroxylation is 3. The van der Waals surface area contributed by atoms with Gasteiger partial charge in [-0.3, -0.25) is 4.79 Å². The third kappa shape index (κ3) is 4.19. The van der Waals surface area contributed by atoms with E-state index in [9.17, 15) is 4.79 Å². The van der Waals surface area contributed by atoms with E-state index in [0.29, 0.717) is 19.5 Å². The first-order valence-corrected chi connectivity index (χ1v) is 6.08. The van der Waals surface area contributed by atoms with Crippen LogP contribution in [-0.4, -0.2) is 19.0 Å². The molecule has 0 bridgehead atoms. The molecule has 0 aliphatic rings. The second-order valence-electron chi connectivity index (χ2n) is 4.52. The van der Waals surface area contributed by atoms with Crippen molar-refractivity contribution in [2.24, 2.45) is 5.73 Å². The van der Waals surface area contributed by atoms with Gasteiger partial charge in [-0.05, 0) is 43.9 Å². The third-order valence-electron chi connectivity index (χ3n) is 2.91. The van der Waals surface area contributed by atoms with Crippen LogP contribution in [-0.2, 0) is 11.2 Å². The predicted octanol–water partition coefficient (Wildman–Crippen LogP) is 1.62. The summed E-state index contributed by atoms with van der Waals surface area (Å²) in [6, 6.07) is 4.37. The van der Waals surface area contributed by atoms with Crippen molar-refractivity contribution in [2.75, 3.05) is 13.1 Å². The first-order valence-electron chi connectivity index (χ1n) is 6.08. The molecule has 0 atom stereocenters. The minimum atomic E-state index is 0.0370. The molecule has 0 unspecified atom stereocenters. The van der Waals surface area contributed by atoms with Gasteiger partial charge in [-0.15, -0.1) is 0 Å². The van der Waals surface area contributed by atoms with Crippen LogP contribution in [0, 0.1) is 20.8 Å². The lowest BCUT2D eigenvalue weighted by Gasteiger charge is -2.11. The smallest absolute Gasteiger partial charge is 0.221 e. The fourth-order valence-electron chi connectivity index (χ4n) is 2.15. The first-order chi connectivity index (χ1) is 8.04. The predicted molar refractivity (Wildman–Crippen MR) is 71.0 cm³/mol. The molecule has 0 fully saturated rings. The Morgan fingerprint density at radius 1 is 1.24 bits per heavy atom. The SMILES string of the molecule is Cc1cc(C)c(CCNC(=O)CCN)c(C)c1. The van der Waals surface area contributed by atoms with Crippen LogP contribution in [0.15, 0.2) is 12.1 Å². The zero-order valence-corrected chi connectivity index (χ0v) is 11.0. The zero-order chi connectivity index (χ0) is 12.8. The third-order valence-corrected chi connectivity index (χ3v) is 2.91. The second-order valence-corrected chi connectivity index (χ2v) is 4.52. The second kappa shape index (κ2) is 6.40. The normalized spacial score (nSPS) is 10.4. The molecule has 1 aromatic rings. The van der Waals surface area contributed by atoms with Crippen LogP contribution in [0.25, 0.3) is 0 Å². The largest absolute Gasteiger partial charge is 0.356 e. The number of amides is 1. The summed E-state index contributed by atoms with van der Waals surface area (Å²) in [6.45, 7) is 7.44. The van der Waals surface area contributed by atoms with Crippen LogP contribution in [0.3, 0.4) is 0 Å². The van der Waals surface area contributed by atoms with Gasteiger partial charge in [-0.1, -0.05) is 17.7 Å². The van der Waals surface area contributed by atoms with E-state index in [1.807, 2.05) is 0 Å². The lowest BCUT2D eigenvalue weighted by atomic mass is 9.97. The molecular weight excluding hydrogens is 212 g/mol. The van der Waals surface area contributed by atoms with Crippen LogP contribution < -0.4 is 11.1 Å². The minimum absolute atomic E-state index is 0.0370. The molecule has 94 valence electrons. The number of rotatable bonds is 5. The standard InChI is InChI=1S/C14H22N2O/c1-10-8-11(2)13(12(3)9-10)5-7-16-14(17)4-6-15/h8-9H,4-7,15H2,1-3H3,(H,16,17). The van der Waals surface area contributed by atoms with Crippen molar-refractivity contribution < 1.29 is 4.79 Å². The molecule has 0 aliphatic heterocycles. The molecule has 0 heterocycles. The molecule has 1 amide bonds. The highest BCUT2D eigenvalue weighted by atomic mass is 16.1. The molecule has 1 aromatic carbocycles. The van der Waals surface area contributed by atoms with Crippen molar-refractivity contribution in [3.63, 3.8) is 0 Å². The van der Waals surface area contributed by atoms with E-state index in [2.05, 4.69) is 38.2 Å². The van der Waals surface area contributed by atoms with E-state index < -0.39 is 0 Å².